The number of hydrogen-bond donors (Lipinski definition) is 0. The van der Waals surface area contributed by atoms with Crippen molar-refractivity contribution in [2.45, 2.75) is 311 Å². The average molecular weight is 839 g/mol. The van der Waals surface area contributed by atoms with Crippen LogP contribution < -0.4 is 0 Å². The zero-order valence-electron chi connectivity index (χ0n) is 42.7. The van der Waals surface area contributed by atoms with E-state index in [4.69, 9.17) is 0 Å². The monoisotopic (exact) mass is 838 g/mol. The smallest absolute Gasteiger partial charge is 0.00187 e. The summed E-state index contributed by atoms with van der Waals surface area (Å²) in [5.41, 5.74) is 3.13. The quantitative estimate of drug-likeness (QED) is 0.0732. The number of nitrogens with zero attached hydrogens (tertiary/aromatic N) is 1. The Morgan fingerprint density at radius 3 is 1.30 bits per heavy atom. The molecule has 1 aliphatic rings. The highest BCUT2D eigenvalue weighted by atomic mass is 15.1. The highest BCUT2D eigenvalue weighted by Gasteiger charge is 2.23. The molecule has 0 amide bonds. The van der Waals surface area contributed by atoms with Crippen molar-refractivity contribution in [3.8, 4) is 0 Å². The van der Waals surface area contributed by atoms with Gasteiger partial charge in [0.15, 0.2) is 0 Å². The van der Waals surface area contributed by atoms with Gasteiger partial charge < -0.3 is 4.90 Å². The maximum Gasteiger partial charge on any atom is -0.00187 e. The third-order valence-electron chi connectivity index (χ3n) is 15.2. The first-order chi connectivity index (χ1) is 29.5. The largest absolute Gasteiger partial charge is 0.303 e. The van der Waals surface area contributed by atoms with Crippen LogP contribution in [-0.4, -0.2) is 24.5 Å². The average Bonchev–Trinajstić information content (AvgIpc) is 3.24. The molecule has 0 bridgehead atoms. The molecule has 0 spiro atoms. The molecule has 4 unspecified atom stereocenters. The van der Waals surface area contributed by atoms with Gasteiger partial charge in [-0.25, -0.2) is 0 Å². The fraction of sp³-hybridized carbons (Fsp3) is 0.932. The lowest BCUT2D eigenvalue weighted by atomic mass is 9.76. The molecule has 1 fully saturated rings. The number of rotatable bonds is 23. The Morgan fingerprint density at radius 1 is 0.350 bits per heavy atom. The Morgan fingerprint density at radius 2 is 0.767 bits per heavy atom. The van der Waals surface area contributed by atoms with E-state index in [9.17, 15) is 0 Å². The van der Waals surface area contributed by atoms with Crippen LogP contribution >= 0.6 is 0 Å². The van der Waals surface area contributed by atoms with Crippen LogP contribution in [0.15, 0.2) is 24.3 Å². The van der Waals surface area contributed by atoms with Crippen LogP contribution in [0.1, 0.15) is 311 Å². The standard InChI is InChI=1S/C59H115N/c1-8-13-17-19-25-32-39-56-41-36-44-58(42-16-11-4)59(43-29-15-10-3)50-49-57(40-33-26-20-18-14-9-2)48-46-55(7)38-31-24-22-28-35-53-60(51-12-5)52-34-27-21-23-30-37-54(6)45-47-56/h56-59H,6-53H2,1-5H3. The molecule has 1 aliphatic heterocycles. The molecular weight excluding hydrogens is 723 g/mol. The molecule has 0 aliphatic carbocycles. The van der Waals surface area contributed by atoms with E-state index in [0.717, 1.165) is 23.7 Å². The molecule has 0 aromatic rings. The topological polar surface area (TPSA) is 3.24 Å². The Balaban J connectivity index is 3.10. The van der Waals surface area contributed by atoms with E-state index >= 15 is 0 Å². The van der Waals surface area contributed by atoms with Gasteiger partial charge >= 0.3 is 0 Å². The summed E-state index contributed by atoms with van der Waals surface area (Å²) in [4.78, 5) is 2.78. The van der Waals surface area contributed by atoms with Gasteiger partial charge in [-0.15, -0.1) is 0 Å². The molecule has 0 radical (unpaired) electrons. The highest BCUT2D eigenvalue weighted by Crippen LogP contribution is 2.37. The Bertz CT molecular complexity index is 903. The summed E-state index contributed by atoms with van der Waals surface area (Å²) in [6.07, 6.45) is 60.8. The summed E-state index contributed by atoms with van der Waals surface area (Å²) >= 11 is 0. The summed E-state index contributed by atoms with van der Waals surface area (Å²) < 4.78 is 0. The third kappa shape index (κ3) is 34.9. The Hall–Kier alpha value is -0.560. The van der Waals surface area contributed by atoms with Crippen LogP contribution in [0.5, 0.6) is 0 Å². The van der Waals surface area contributed by atoms with Crippen molar-refractivity contribution in [2.75, 3.05) is 19.6 Å². The van der Waals surface area contributed by atoms with Crippen LogP contribution in [0.4, 0.5) is 0 Å². The molecule has 1 saturated heterocycles. The molecule has 1 nitrogen and oxygen atoms in total. The van der Waals surface area contributed by atoms with Gasteiger partial charge in [0.1, 0.15) is 0 Å². The third-order valence-corrected chi connectivity index (χ3v) is 15.2. The van der Waals surface area contributed by atoms with Gasteiger partial charge in [-0.2, -0.15) is 0 Å². The van der Waals surface area contributed by atoms with E-state index in [2.05, 4.69) is 52.7 Å². The van der Waals surface area contributed by atoms with E-state index in [1.807, 2.05) is 0 Å². The van der Waals surface area contributed by atoms with Gasteiger partial charge in [0.2, 0.25) is 0 Å². The van der Waals surface area contributed by atoms with Crippen molar-refractivity contribution in [3.63, 3.8) is 0 Å². The van der Waals surface area contributed by atoms with Crippen molar-refractivity contribution in [1.29, 1.82) is 0 Å². The van der Waals surface area contributed by atoms with E-state index in [0.29, 0.717) is 0 Å². The van der Waals surface area contributed by atoms with Crippen molar-refractivity contribution in [2.24, 2.45) is 23.7 Å². The number of unbranched alkanes of at least 4 members (excludes halogenated alkanes) is 13. The van der Waals surface area contributed by atoms with Gasteiger partial charge in [0, 0.05) is 0 Å². The van der Waals surface area contributed by atoms with Gasteiger partial charge in [0.25, 0.3) is 0 Å². The van der Waals surface area contributed by atoms with Gasteiger partial charge in [-0.05, 0) is 120 Å². The zero-order valence-corrected chi connectivity index (χ0v) is 42.7. The van der Waals surface area contributed by atoms with Gasteiger partial charge in [-0.1, -0.05) is 258 Å². The first-order valence-electron chi connectivity index (χ1n) is 28.5. The van der Waals surface area contributed by atoms with Crippen LogP contribution in [0.25, 0.3) is 0 Å². The maximum atomic E-state index is 4.68. The molecule has 356 valence electrons. The predicted molar refractivity (Wildman–Crippen MR) is 276 cm³/mol. The molecular formula is C59H115N. The summed E-state index contributed by atoms with van der Waals surface area (Å²) in [7, 11) is 0. The molecule has 0 aromatic heterocycles. The molecule has 0 saturated carbocycles. The number of hydrogen-bond acceptors (Lipinski definition) is 1. The highest BCUT2D eigenvalue weighted by molar-refractivity contribution is 4.95. The first-order valence-corrected chi connectivity index (χ1v) is 28.5. The van der Waals surface area contributed by atoms with Crippen molar-refractivity contribution < 1.29 is 0 Å². The summed E-state index contributed by atoms with van der Waals surface area (Å²) in [6.45, 7) is 25.2. The second-order valence-corrected chi connectivity index (χ2v) is 21.0. The van der Waals surface area contributed by atoms with Crippen molar-refractivity contribution in [3.05, 3.63) is 24.3 Å². The van der Waals surface area contributed by atoms with E-state index in [-0.39, 0.29) is 0 Å². The summed E-state index contributed by atoms with van der Waals surface area (Å²) in [6, 6.07) is 0. The minimum Gasteiger partial charge on any atom is -0.303 e. The summed E-state index contributed by atoms with van der Waals surface area (Å²) in [5.74, 6) is 3.73. The van der Waals surface area contributed by atoms with Gasteiger partial charge in [-0.3, -0.25) is 0 Å². The summed E-state index contributed by atoms with van der Waals surface area (Å²) in [5, 5.41) is 0. The molecule has 0 N–H and O–H groups in total. The van der Waals surface area contributed by atoms with Crippen LogP contribution in [-0.2, 0) is 0 Å². The van der Waals surface area contributed by atoms with Crippen molar-refractivity contribution in [1.82, 2.24) is 4.90 Å². The lowest BCUT2D eigenvalue weighted by Crippen LogP contribution is -2.27. The van der Waals surface area contributed by atoms with Crippen LogP contribution in [0.3, 0.4) is 0 Å². The molecule has 4 atom stereocenters. The molecule has 1 heterocycles. The van der Waals surface area contributed by atoms with E-state index < -0.39 is 0 Å². The van der Waals surface area contributed by atoms with Gasteiger partial charge in [0.05, 0.1) is 0 Å². The van der Waals surface area contributed by atoms with Crippen LogP contribution in [0.2, 0.25) is 0 Å². The normalized spacial score (nSPS) is 23.4. The minimum atomic E-state index is 0.912. The lowest BCUT2D eigenvalue weighted by molar-refractivity contribution is 0.218. The molecule has 60 heavy (non-hydrogen) atoms. The van der Waals surface area contributed by atoms with E-state index in [1.54, 1.807) is 11.1 Å². The second-order valence-electron chi connectivity index (χ2n) is 21.0. The lowest BCUT2D eigenvalue weighted by Gasteiger charge is -2.30. The Kier molecular flexibility index (Phi) is 41.8. The number of allylic oxidation sites excluding steroid dienone is 2. The SMILES string of the molecule is C=C1CCCCCCCN(CCC)CCCCCCCC(=C)CCC(CCCCCCCC)CCC(CCCCC)C(CCCC)CCCC(CCCCCCCC)CC1. The first kappa shape index (κ1) is 57.5. The van der Waals surface area contributed by atoms with Crippen LogP contribution in [0, 0.1) is 23.7 Å². The van der Waals surface area contributed by atoms with E-state index in [1.165, 1.54) is 296 Å². The maximum absolute atomic E-state index is 4.68. The Labute approximate surface area is 381 Å². The van der Waals surface area contributed by atoms with Crippen molar-refractivity contribution >= 4 is 0 Å². The predicted octanol–water partition coefficient (Wildman–Crippen LogP) is 20.8. The zero-order chi connectivity index (χ0) is 43.6. The minimum absolute atomic E-state index is 0.912. The molecule has 1 heteroatoms. The second kappa shape index (κ2) is 43.7. The molecule has 0 aromatic carbocycles. The molecule has 1 rings (SSSR count). The fourth-order valence-corrected chi connectivity index (χ4v) is 11.0. The fourth-order valence-electron chi connectivity index (χ4n) is 11.0.